The minimum Gasteiger partial charge on any atom is -0.373 e. The fourth-order valence-electron chi connectivity index (χ4n) is 1.49. The molecule has 1 N–H and O–H groups in total. The van der Waals surface area contributed by atoms with Crippen LogP contribution in [0, 0.1) is 5.92 Å². The summed E-state index contributed by atoms with van der Waals surface area (Å²) in [5.41, 5.74) is -5.00. The number of hydrogen-bond donors (Lipinski definition) is 1. The fraction of sp³-hybridized carbons (Fsp3) is 0.600. The Labute approximate surface area is 98.6 Å². The summed E-state index contributed by atoms with van der Waals surface area (Å²) in [5, 5.41) is 9.02. The lowest BCUT2D eigenvalue weighted by molar-refractivity contribution is -0.384. The summed E-state index contributed by atoms with van der Waals surface area (Å²) in [6.45, 7) is 5.60. The smallest absolute Gasteiger partial charge is 0.373 e. The third kappa shape index (κ3) is 3.24. The average Bonchev–Trinajstić information content (AvgIpc) is 2.11. The van der Waals surface area contributed by atoms with E-state index < -0.39 is 42.5 Å². The SMILES string of the molecule is C=CCC(CC(=C)F)C(O)(C(F)(F)F)C(F)(F)F. The molecule has 1 atom stereocenters. The van der Waals surface area contributed by atoms with Crippen molar-refractivity contribution in [3.8, 4) is 0 Å². The topological polar surface area (TPSA) is 20.2 Å². The molecule has 0 amide bonds. The largest absolute Gasteiger partial charge is 0.426 e. The van der Waals surface area contributed by atoms with E-state index in [2.05, 4.69) is 13.2 Å². The summed E-state index contributed by atoms with van der Waals surface area (Å²) in [4.78, 5) is 0. The van der Waals surface area contributed by atoms with Crippen molar-refractivity contribution in [3.05, 3.63) is 25.1 Å². The Bertz CT molecular complexity index is 301. The van der Waals surface area contributed by atoms with E-state index in [9.17, 15) is 30.7 Å². The van der Waals surface area contributed by atoms with E-state index in [1.54, 1.807) is 0 Å². The van der Waals surface area contributed by atoms with Gasteiger partial charge in [0.15, 0.2) is 0 Å². The van der Waals surface area contributed by atoms with Crippen LogP contribution in [0.4, 0.5) is 30.7 Å². The van der Waals surface area contributed by atoms with Crippen LogP contribution in [-0.2, 0) is 0 Å². The second kappa shape index (κ2) is 5.29. The van der Waals surface area contributed by atoms with Gasteiger partial charge in [0.25, 0.3) is 5.60 Å². The molecule has 0 fully saturated rings. The molecule has 0 aromatic carbocycles. The normalized spacial score (nSPS) is 15.3. The van der Waals surface area contributed by atoms with E-state index in [-0.39, 0.29) is 0 Å². The number of allylic oxidation sites excluding steroid dienone is 2. The highest BCUT2D eigenvalue weighted by Crippen LogP contribution is 2.50. The van der Waals surface area contributed by atoms with Gasteiger partial charge in [-0.2, -0.15) is 26.3 Å². The number of rotatable bonds is 5. The molecule has 0 saturated carbocycles. The van der Waals surface area contributed by atoms with Crippen LogP contribution in [0.15, 0.2) is 25.1 Å². The van der Waals surface area contributed by atoms with Crippen LogP contribution < -0.4 is 0 Å². The molecule has 0 aliphatic rings. The van der Waals surface area contributed by atoms with E-state index >= 15 is 0 Å². The lowest BCUT2D eigenvalue weighted by atomic mass is 9.81. The van der Waals surface area contributed by atoms with Gasteiger partial charge in [0.2, 0.25) is 0 Å². The van der Waals surface area contributed by atoms with Crippen molar-refractivity contribution < 1.29 is 35.8 Å². The molecule has 0 spiro atoms. The number of alkyl halides is 6. The van der Waals surface area contributed by atoms with Gasteiger partial charge in [0, 0.05) is 12.3 Å². The molecule has 0 aromatic rings. The second-order valence-electron chi connectivity index (χ2n) is 3.70. The van der Waals surface area contributed by atoms with Crippen LogP contribution >= 0.6 is 0 Å². The molecule has 18 heavy (non-hydrogen) atoms. The molecular formula is C10H11F7O. The van der Waals surface area contributed by atoms with Gasteiger partial charge in [-0.3, -0.25) is 0 Å². The predicted molar refractivity (Wildman–Crippen MR) is 50.2 cm³/mol. The van der Waals surface area contributed by atoms with Gasteiger partial charge in [0.1, 0.15) is 0 Å². The Morgan fingerprint density at radius 2 is 1.50 bits per heavy atom. The van der Waals surface area contributed by atoms with E-state index in [1.807, 2.05) is 0 Å². The van der Waals surface area contributed by atoms with Gasteiger partial charge >= 0.3 is 12.4 Å². The first-order valence-electron chi connectivity index (χ1n) is 4.68. The Hall–Kier alpha value is -1.05. The van der Waals surface area contributed by atoms with E-state index in [4.69, 9.17) is 5.11 Å². The van der Waals surface area contributed by atoms with Gasteiger partial charge < -0.3 is 5.11 Å². The zero-order valence-corrected chi connectivity index (χ0v) is 9.08. The molecular weight excluding hydrogens is 269 g/mol. The van der Waals surface area contributed by atoms with Crippen LogP contribution in [0.2, 0.25) is 0 Å². The van der Waals surface area contributed by atoms with Crippen molar-refractivity contribution in [1.82, 2.24) is 0 Å². The highest BCUT2D eigenvalue weighted by molar-refractivity contribution is 5.04. The standard InChI is InChI=1S/C10H11F7O/c1-3-4-7(5-6(2)11)8(18,9(12,13)14)10(15,16)17/h3,7,18H,1-2,4-5H2. The van der Waals surface area contributed by atoms with Crippen molar-refractivity contribution >= 4 is 0 Å². The Morgan fingerprint density at radius 1 is 1.11 bits per heavy atom. The molecule has 0 rings (SSSR count). The van der Waals surface area contributed by atoms with E-state index in [0.717, 1.165) is 6.08 Å². The molecule has 0 aromatic heterocycles. The number of halogens is 7. The minimum absolute atomic E-state index is 0.746. The number of aliphatic hydroxyl groups is 1. The van der Waals surface area contributed by atoms with E-state index in [0.29, 0.717) is 0 Å². The summed E-state index contributed by atoms with van der Waals surface area (Å²) < 4.78 is 87.3. The first kappa shape index (κ1) is 16.9. The molecule has 0 bridgehead atoms. The maximum atomic E-state index is 12.5. The highest BCUT2D eigenvalue weighted by Gasteiger charge is 2.73. The van der Waals surface area contributed by atoms with Gasteiger partial charge in [-0.05, 0) is 6.42 Å². The predicted octanol–water partition coefficient (Wildman–Crippen LogP) is 3.91. The maximum absolute atomic E-state index is 12.5. The van der Waals surface area contributed by atoms with Gasteiger partial charge in [-0.15, -0.1) is 6.58 Å². The summed E-state index contributed by atoms with van der Waals surface area (Å²) in [5.74, 6) is -3.85. The maximum Gasteiger partial charge on any atom is 0.426 e. The van der Waals surface area contributed by atoms with Crippen LogP contribution in [0.1, 0.15) is 12.8 Å². The molecule has 0 heterocycles. The lowest BCUT2D eigenvalue weighted by Gasteiger charge is -2.38. The minimum atomic E-state index is -5.98. The Balaban J connectivity index is 5.65. The molecule has 8 heteroatoms. The quantitative estimate of drug-likeness (QED) is 0.598. The van der Waals surface area contributed by atoms with Gasteiger partial charge in [-0.25, -0.2) is 4.39 Å². The van der Waals surface area contributed by atoms with Gasteiger partial charge in [-0.1, -0.05) is 12.7 Å². The summed E-state index contributed by atoms with van der Waals surface area (Å²) in [7, 11) is 0. The Kier molecular flexibility index (Phi) is 4.99. The van der Waals surface area contributed by atoms with Crippen molar-refractivity contribution in [1.29, 1.82) is 0 Å². The van der Waals surface area contributed by atoms with Crippen molar-refractivity contribution in [2.24, 2.45) is 5.92 Å². The molecule has 106 valence electrons. The van der Waals surface area contributed by atoms with Crippen LogP contribution in [0.5, 0.6) is 0 Å². The molecule has 0 saturated heterocycles. The van der Waals surface area contributed by atoms with Crippen molar-refractivity contribution in [2.75, 3.05) is 0 Å². The lowest BCUT2D eigenvalue weighted by Crippen LogP contribution is -2.61. The van der Waals surface area contributed by atoms with Crippen molar-refractivity contribution in [3.63, 3.8) is 0 Å². The van der Waals surface area contributed by atoms with E-state index in [1.165, 1.54) is 0 Å². The summed E-state index contributed by atoms with van der Waals surface area (Å²) in [6, 6.07) is 0. The first-order valence-corrected chi connectivity index (χ1v) is 4.68. The monoisotopic (exact) mass is 280 g/mol. The van der Waals surface area contributed by atoms with Crippen LogP contribution in [-0.4, -0.2) is 23.1 Å². The zero-order chi connectivity index (χ0) is 14.8. The summed E-state index contributed by atoms with van der Waals surface area (Å²) in [6.07, 6.45) is -13.3. The second-order valence-corrected chi connectivity index (χ2v) is 3.70. The molecule has 0 aliphatic carbocycles. The molecule has 1 unspecified atom stereocenters. The average molecular weight is 280 g/mol. The van der Waals surface area contributed by atoms with Crippen LogP contribution in [0.3, 0.4) is 0 Å². The third-order valence-electron chi connectivity index (χ3n) is 2.37. The molecule has 0 radical (unpaired) electrons. The zero-order valence-electron chi connectivity index (χ0n) is 9.08. The number of hydrogen-bond acceptors (Lipinski definition) is 1. The third-order valence-corrected chi connectivity index (χ3v) is 2.37. The Morgan fingerprint density at radius 3 is 1.72 bits per heavy atom. The summed E-state index contributed by atoms with van der Waals surface area (Å²) >= 11 is 0. The van der Waals surface area contributed by atoms with Crippen molar-refractivity contribution in [2.45, 2.75) is 30.8 Å². The molecule has 0 aliphatic heterocycles. The molecule has 1 nitrogen and oxygen atoms in total. The highest BCUT2D eigenvalue weighted by atomic mass is 19.4. The fourth-order valence-corrected chi connectivity index (χ4v) is 1.49. The van der Waals surface area contributed by atoms with Crippen LogP contribution in [0.25, 0.3) is 0 Å². The van der Waals surface area contributed by atoms with Gasteiger partial charge in [0.05, 0.1) is 5.83 Å². The first-order chi connectivity index (χ1) is 7.88.